The Morgan fingerprint density at radius 2 is 1.84 bits per heavy atom. The largest absolute Gasteiger partial charge is 0.477 e. The van der Waals surface area contributed by atoms with Crippen molar-refractivity contribution < 1.29 is 14.7 Å². The number of aryl methyl sites for hydroxylation is 2. The second-order valence-corrected chi connectivity index (χ2v) is 5.25. The van der Waals surface area contributed by atoms with E-state index in [0.29, 0.717) is 16.1 Å². The summed E-state index contributed by atoms with van der Waals surface area (Å²) in [5.74, 6) is -1.20. The van der Waals surface area contributed by atoms with Gasteiger partial charge in [0.1, 0.15) is 4.88 Å². The molecule has 0 saturated carbocycles. The van der Waals surface area contributed by atoms with Crippen molar-refractivity contribution >= 4 is 28.2 Å². The van der Waals surface area contributed by atoms with Crippen LogP contribution in [0, 0.1) is 13.8 Å². The topological polar surface area (TPSA) is 66.4 Å². The summed E-state index contributed by atoms with van der Waals surface area (Å²) in [7, 11) is 0. The number of anilines is 1. The van der Waals surface area contributed by atoms with E-state index in [0.717, 1.165) is 16.9 Å². The lowest BCUT2D eigenvalue weighted by atomic mass is 10.1. The van der Waals surface area contributed by atoms with Gasteiger partial charge in [0.2, 0.25) is 0 Å². The Bertz CT molecular complexity index is 646. The molecule has 0 bridgehead atoms. The summed E-state index contributed by atoms with van der Waals surface area (Å²) >= 11 is 1.06. The molecule has 0 aliphatic rings. The smallest absolute Gasteiger partial charge is 0.346 e. The van der Waals surface area contributed by atoms with E-state index in [1.165, 1.54) is 0 Å². The van der Waals surface area contributed by atoms with Gasteiger partial charge in [0.15, 0.2) is 0 Å². The van der Waals surface area contributed by atoms with Crippen LogP contribution in [0.4, 0.5) is 5.00 Å². The summed E-state index contributed by atoms with van der Waals surface area (Å²) in [6.07, 6.45) is 0. The lowest BCUT2D eigenvalue weighted by Gasteiger charge is -2.05. The second kappa shape index (κ2) is 5.24. The van der Waals surface area contributed by atoms with E-state index in [4.69, 9.17) is 5.11 Å². The van der Waals surface area contributed by atoms with Crippen molar-refractivity contribution in [3.63, 3.8) is 0 Å². The first-order valence-electron chi connectivity index (χ1n) is 5.69. The van der Waals surface area contributed by atoms with Crippen LogP contribution in [0.1, 0.15) is 31.2 Å². The molecule has 1 heterocycles. The SMILES string of the molecule is Cc1ccccc1C(=O)Nc1cc(C)c(C(=O)O)s1. The number of hydrogen-bond donors (Lipinski definition) is 2. The van der Waals surface area contributed by atoms with Crippen molar-refractivity contribution in [1.29, 1.82) is 0 Å². The molecule has 0 fully saturated rings. The maximum atomic E-state index is 12.1. The fourth-order valence-corrected chi connectivity index (χ4v) is 2.67. The molecule has 19 heavy (non-hydrogen) atoms. The van der Waals surface area contributed by atoms with Gasteiger partial charge in [-0.15, -0.1) is 11.3 Å². The predicted octanol–water partition coefficient (Wildman–Crippen LogP) is 3.32. The van der Waals surface area contributed by atoms with Crippen LogP contribution in [-0.4, -0.2) is 17.0 Å². The first-order chi connectivity index (χ1) is 8.99. The van der Waals surface area contributed by atoms with E-state index < -0.39 is 5.97 Å². The zero-order valence-corrected chi connectivity index (χ0v) is 11.4. The van der Waals surface area contributed by atoms with E-state index in [-0.39, 0.29) is 10.8 Å². The number of carboxylic acids is 1. The van der Waals surface area contributed by atoms with Gasteiger partial charge in [-0.25, -0.2) is 4.79 Å². The Kier molecular flexibility index (Phi) is 3.66. The van der Waals surface area contributed by atoms with Gasteiger partial charge < -0.3 is 10.4 Å². The van der Waals surface area contributed by atoms with Gasteiger partial charge in [-0.2, -0.15) is 0 Å². The highest BCUT2D eigenvalue weighted by Gasteiger charge is 2.15. The van der Waals surface area contributed by atoms with E-state index in [2.05, 4.69) is 5.32 Å². The Balaban J connectivity index is 2.22. The van der Waals surface area contributed by atoms with Crippen molar-refractivity contribution in [3.05, 3.63) is 51.9 Å². The number of nitrogens with one attached hydrogen (secondary N) is 1. The van der Waals surface area contributed by atoms with Crippen LogP contribution >= 0.6 is 11.3 Å². The maximum Gasteiger partial charge on any atom is 0.346 e. The standard InChI is InChI=1S/C14H13NO3S/c1-8-5-3-4-6-10(8)13(16)15-11-7-9(2)12(19-11)14(17)18/h3-7H,1-2H3,(H,15,16)(H,17,18). The molecule has 4 nitrogen and oxygen atoms in total. The number of carboxylic acid groups (broad SMARTS) is 1. The lowest BCUT2D eigenvalue weighted by Crippen LogP contribution is -2.12. The Morgan fingerprint density at radius 1 is 1.16 bits per heavy atom. The van der Waals surface area contributed by atoms with Crippen LogP contribution in [0.25, 0.3) is 0 Å². The minimum atomic E-state index is -0.973. The lowest BCUT2D eigenvalue weighted by molar-refractivity contribution is 0.0701. The highest BCUT2D eigenvalue weighted by molar-refractivity contribution is 7.18. The summed E-state index contributed by atoms with van der Waals surface area (Å²) < 4.78 is 0. The number of amides is 1. The number of rotatable bonds is 3. The van der Waals surface area contributed by atoms with Gasteiger partial charge in [0.25, 0.3) is 5.91 Å². The normalized spacial score (nSPS) is 10.2. The molecular weight excluding hydrogens is 262 g/mol. The molecule has 2 N–H and O–H groups in total. The third-order valence-electron chi connectivity index (χ3n) is 2.74. The number of thiophene rings is 1. The molecule has 1 aromatic carbocycles. The quantitative estimate of drug-likeness (QED) is 0.903. The number of hydrogen-bond acceptors (Lipinski definition) is 3. The summed E-state index contributed by atoms with van der Waals surface area (Å²) in [5, 5.41) is 12.2. The zero-order chi connectivity index (χ0) is 14.0. The van der Waals surface area contributed by atoms with Gasteiger partial charge in [0, 0.05) is 5.56 Å². The molecule has 2 aromatic rings. The van der Waals surface area contributed by atoms with Gasteiger partial charge in [0.05, 0.1) is 5.00 Å². The summed E-state index contributed by atoms with van der Waals surface area (Å²) in [6.45, 7) is 3.57. The molecule has 98 valence electrons. The molecule has 0 aliphatic carbocycles. The molecule has 0 aliphatic heterocycles. The Labute approximate surface area is 114 Å². The van der Waals surface area contributed by atoms with E-state index in [1.54, 1.807) is 25.1 Å². The Morgan fingerprint density at radius 3 is 2.42 bits per heavy atom. The highest BCUT2D eigenvalue weighted by Crippen LogP contribution is 2.27. The van der Waals surface area contributed by atoms with Crippen LogP contribution in [0.3, 0.4) is 0 Å². The molecule has 5 heteroatoms. The number of carbonyl (C=O) groups is 2. The molecule has 2 rings (SSSR count). The average Bonchev–Trinajstić information content (AvgIpc) is 2.70. The monoisotopic (exact) mass is 275 g/mol. The minimum absolute atomic E-state index is 0.226. The van der Waals surface area contributed by atoms with Gasteiger partial charge in [-0.3, -0.25) is 4.79 Å². The van der Waals surface area contributed by atoms with E-state index >= 15 is 0 Å². The van der Waals surface area contributed by atoms with Crippen molar-refractivity contribution in [1.82, 2.24) is 0 Å². The Hall–Kier alpha value is -2.14. The second-order valence-electron chi connectivity index (χ2n) is 4.20. The highest BCUT2D eigenvalue weighted by atomic mass is 32.1. The predicted molar refractivity (Wildman–Crippen MR) is 75.1 cm³/mol. The van der Waals surface area contributed by atoms with Crippen LogP contribution in [-0.2, 0) is 0 Å². The average molecular weight is 275 g/mol. The van der Waals surface area contributed by atoms with E-state index in [1.807, 2.05) is 19.1 Å². The van der Waals surface area contributed by atoms with Crippen LogP contribution < -0.4 is 5.32 Å². The summed E-state index contributed by atoms with van der Waals surface area (Å²) in [5.41, 5.74) is 2.12. The zero-order valence-electron chi connectivity index (χ0n) is 10.6. The van der Waals surface area contributed by atoms with Crippen molar-refractivity contribution in [2.75, 3.05) is 5.32 Å². The molecule has 0 atom stereocenters. The molecule has 1 amide bonds. The summed E-state index contributed by atoms with van der Waals surface area (Å²) in [6, 6.07) is 8.93. The third kappa shape index (κ3) is 2.82. The third-order valence-corrected chi connectivity index (χ3v) is 3.88. The van der Waals surface area contributed by atoms with Crippen LogP contribution in [0.15, 0.2) is 30.3 Å². The van der Waals surface area contributed by atoms with Crippen molar-refractivity contribution in [2.24, 2.45) is 0 Å². The first-order valence-corrected chi connectivity index (χ1v) is 6.51. The molecule has 1 aromatic heterocycles. The van der Waals surface area contributed by atoms with Gasteiger partial charge in [-0.05, 0) is 37.1 Å². The maximum absolute atomic E-state index is 12.1. The number of aromatic carboxylic acids is 1. The van der Waals surface area contributed by atoms with Crippen LogP contribution in [0.2, 0.25) is 0 Å². The summed E-state index contributed by atoms with van der Waals surface area (Å²) in [4.78, 5) is 23.3. The fourth-order valence-electron chi connectivity index (χ4n) is 1.76. The molecule has 0 radical (unpaired) electrons. The number of benzene rings is 1. The number of carbonyl (C=O) groups excluding carboxylic acids is 1. The molecule has 0 unspecified atom stereocenters. The van der Waals surface area contributed by atoms with Crippen molar-refractivity contribution in [3.8, 4) is 0 Å². The van der Waals surface area contributed by atoms with Gasteiger partial charge in [-0.1, -0.05) is 18.2 Å². The van der Waals surface area contributed by atoms with E-state index in [9.17, 15) is 9.59 Å². The van der Waals surface area contributed by atoms with Crippen molar-refractivity contribution in [2.45, 2.75) is 13.8 Å². The van der Waals surface area contributed by atoms with Crippen LogP contribution in [0.5, 0.6) is 0 Å². The fraction of sp³-hybridized carbons (Fsp3) is 0.143. The molecule has 0 saturated heterocycles. The minimum Gasteiger partial charge on any atom is -0.477 e. The first kappa shape index (κ1) is 13.3. The molecular formula is C14H13NO3S. The van der Waals surface area contributed by atoms with Gasteiger partial charge >= 0.3 is 5.97 Å². The molecule has 0 spiro atoms.